The maximum absolute atomic E-state index is 3.80. The second kappa shape index (κ2) is 6.81. The average molecular weight is 277 g/mol. The Morgan fingerprint density at radius 1 is 1.42 bits per heavy atom. The molecule has 1 aliphatic heterocycles. The summed E-state index contributed by atoms with van der Waals surface area (Å²) in [7, 11) is 0. The number of benzene rings is 1. The highest BCUT2D eigenvalue weighted by molar-refractivity contribution is 8.00. The van der Waals surface area contributed by atoms with Gasteiger partial charge in [0.05, 0.1) is 0 Å². The van der Waals surface area contributed by atoms with E-state index < -0.39 is 0 Å². The maximum Gasteiger partial charge on any atom is 0.0288 e. The fraction of sp³-hybridized carbons (Fsp3) is 0.647. The first-order chi connectivity index (χ1) is 9.14. The van der Waals surface area contributed by atoms with Crippen LogP contribution in [0, 0.1) is 6.92 Å². The molecule has 1 nitrogen and oxygen atoms in total. The molecule has 0 saturated carbocycles. The molecule has 2 heteroatoms. The lowest BCUT2D eigenvalue weighted by molar-refractivity contribution is 0.399. The summed E-state index contributed by atoms with van der Waals surface area (Å²) >= 11 is 2.16. The Morgan fingerprint density at radius 2 is 2.26 bits per heavy atom. The molecule has 2 rings (SSSR count). The minimum Gasteiger partial charge on any atom is -0.312 e. The molecule has 0 aromatic heterocycles. The van der Waals surface area contributed by atoms with Crippen molar-refractivity contribution in [3.63, 3.8) is 0 Å². The van der Waals surface area contributed by atoms with Crippen LogP contribution in [0.25, 0.3) is 0 Å². The van der Waals surface area contributed by atoms with Gasteiger partial charge in [-0.25, -0.2) is 0 Å². The molecule has 1 saturated heterocycles. The van der Waals surface area contributed by atoms with Crippen molar-refractivity contribution in [1.82, 2.24) is 5.32 Å². The molecule has 19 heavy (non-hydrogen) atoms. The van der Waals surface area contributed by atoms with Crippen LogP contribution in [0.3, 0.4) is 0 Å². The van der Waals surface area contributed by atoms with E-state index in [0.717, 1.165) is 13.0 Å². The number of thioether (sulfide) groups is 1. The van der Waals surface area contributed by atoms with Crippen LogP contribution in [0.15, 0.2) is 24.3 Å². The Morgan fingerprint density at radius 3 is 2.89 bits per heavy atom. The van der Waals surface area contributed by atoms with Gasteiger partial charge in [0.15, 0.2) is 0 Å². The monoisotopic (exact) mass is 277 g/mol. The molecule has 1 N–H and O–H groups in total. The Hall–Kier alpha value is -0.470. The van der Waals surface area contributed by atoms with E-state index in [0.29, 0.717) is 10.8 Å². The van der Waals surface area contributed by atoms with Gasteiger partial charge in [-0.15, -0.1) is 0 Å². The van der Waals surface area contributed by atoms with Crippen LogP contribution in [0.5, 0.6) is 0 Å². The van der Waals surface area contributed by atoms with E-state index in [4.69, 9.17) is 0 Å². The quantitative estimate of drug-likeness (QED) is 0.836. The molecule has 0 amide bonds. The Balaban J connectivity index is 2.09. The van der Waals surface area contributed by atoms with Crippen LogP contribution in [0.4, 0.5) is 0 Å². The molecule has 1 fully saturated rings. The molecule has 0 spiro atoms. The van der Waals surface area contributed by atoms with Crippen LogP contribution in [0.1, 0.15) is 44.2 Å². The molecule has 1 aromatic carbocycles. The maximum atomic E-state index is 3.80. The molecule has 1 heterocycles. The van der Waals surface area contributed by atoms with Crippen molar-refractivity contribution >= 4 is 11.8 Å². The number of aryl methyl sites for hydroxylation is 1. The zero-order valence-corrected chi connectivity index (χ0v) is 13.4. The average Bonchev–Trinajstić information content (AvgIpc) is 2.82. The molecule has 1 aromatic rings. The van der Waals surface area contributed by atoms with Gasteiger partial charge in [0.25, 0.3) is 0 Å². The molecule has 0 aliphatic carbocycles. The lowest BCUT2D eigenvalue weighted by Crippen LogP contribution is -2.47. The van der Waals surface area contributed by atoms with Crippen LogP contribution in [-0.2, 0) is 6.42 Å². The van der Waals surface area contributed by atoms with Crippen LogP contribution in [0.2, 0.25) is 0 Å². The van der Waals surface area contributed by atoms with Gasteiger partial charge in [0, 0.05) is 10.8 Å². The highest BCUT2D eigenvalue weighted by Gasteiger charge is 2.37. The predicted molar refractivity (Wildman–Crippen MR) is 87.1 cm³/mol. The number of rotatable bonds is 6. The molecular weight excluding hydrogens is 250 g/mol. The van der Waals surface area contributed by atoms with Crippen molar-refractivity contribution < 1.29 is 0 Å². The second-order valence-corrected chi connectivity index (χ2v) is 7.59. The van der Waals surface area contributed by atoms with Crippen molar-refractivity contribution in [3.8, 4) is 0 Å². The van der Waals surface area contributed by atoms with Crippen molar-refractivity contribution in [3.05, 3.63) is 35.4 Å². The minimum absolute atomic E-state index is 0.416. The third-order valence-electron chi connectivity index (χ3n) is 4.15. The fourth-order valence-corrected chi connectivity index (χ4v) is 4.38. The molecule has 2 unspecified atom stereocenters. The first kappa shape index (κ1) is 14.9. The van der Waals surface area contributed by atoms with Gasteiger partial charge < -0.3 is 5.32 Å². The van der Waals surface area contributed by atoms with Gasteiger partial charge in [0.2, 0.25) is 0 Å². The topological polar surface area (TPSA) is 12.0 Å². The van der Waals surface area contributed by atoms with E-state index in [9.17, 15) is 0 Å². The lowest BCUT2D eigenvalue weighted by Gasteiger charge is -2.34. The van der Waals surface area contributed by atoms with Gasteiger partial charge in [-0.3, -0.25) is 0 Å². The molecular formula is C17H27NS. The zero-order chi connectivity index (χ0) is 13.7. The first-order valence-electron chi connectivity index (χ1n) is 7.57. The van der Waals surface area contributed by atoms with Crippen molar-refractivity contribution in [2.24, 2.45) is 0 Å². The molecule has 106 valence electrons. The summed E-state index contributed by atoms with van der Waals surface area (Å²) in [4.78, 5) is 0. The minimum atomic E-state index is 0.416. The summed E-state index contributed by atoms with van der Waals surface area (Å²) in [5, 5.41) is 3.80. The van der Waals surface area contributed by atoms with Gasteiger partial charge in [-0.05, 0) is 57.4 Å². The smallest absolute Gasteiger partial charge is 0.0288 e. The highest BCUT2D eigenvalue weighted by Crippen LogP contribution is 2.41. The van der Waals surface area contributed by atoms with E-state index in [1.807, 2.05) is 0 Å². The largest absolute Gasteiger partial charge is 0.312 e. The third-order valence-corrected chi connectivity index (χ3v) is 5.79. The van der Waals surface area contributed by atoms with Crippen LogP contribution < -0.4 is 5.32 Å². The summed E-state index contributed by atoms with van der Waals surface area (Å²) in [6, 6.07) is 9.58. The predicted octanol–water partition coefficient (Wildman–Crippen LogP) is 4.19. The standard InChI is InChI=1S/C17H27NS/c1-4-10-18-16(17(3)9-6-11-19-17)13-15-8-5-7-14(2)12-15/h5,7-8,12,16,18H,4,6,9-11,13H2,1-3H3. The van der Waals surface area contributed by atoms with Crippen molar-refractivity contribution in [2.75, 3.05) is 12.3 Å². The molecule has 2 atom stereocenters. The van der Waals surface area contributed by atoms with Crippen LogP contribution >= 0.6 is 11.8 Å². The van der Waals surface area contributed by atoms with Crippen molar-refractivity contribution in [2.45, 2.75) is 57.2 Å². The van der Waals surface area contributed by atoms with Gasteiger partial charge >= 0.3 is 0 Å². The number of nitrogens with one attached hydrogen (secondary N) is 1. The molecule has 0 bridgehead atoms. The first-order valence-corrected chi connectivity index (χ1v) is 8.55. The zero-order valence-electron chi connectivity index (χ0n) is 12.5. The van der Waals surface area contributed by atoms with Gasteiger partial charge in [0.1, 0.15) is 0 Å². The van der Waals surface area contributed by atoms with Crippen molar-refractivity contribution in [1.29, 1.82) is 0 Å². The normalized spacial score (nSPS) is 24.6. The highest BCUT2D eigenvalue weighted by atomic mass is 32.2. The summed E-state index contributed by atoms with van der Waals surface area (Å²) < 4.78 is 0.416. The second-order valence-electron chi connectivity index (χ2n) is 5.96. The summed E-state index contributed by atoms with van der Waals surface area (Å²) in [6.07, 6.45) is 5.10. The Kier molecular flexibility index (Phi) is 5.35. The van der Waals surface area contributed by atoms with Gasteiger partial charge in [-0.2, -0.15) is 11.8 Å². The summed E-state index contributed by atoms with van der Waals surface area (Å²) in [5.74, 6) is 1.33. The van der Waals surface area contributed by atoms with E-state index in [1.165, 1.54) is 36.1 Å². The SMILES string of the molecule is CCCNC(Cc1cccc(C)c1)C1(C)CCCS1. The summed E-state index contributed by atoms with van der Waals surface area (Å²) in [6.45, 7) is 8.02. The number of hydrogen-bond acceptors (Lipinski definition) is 2. The lowest BCUT2D eigenvalue weighted by atomic mass is 9.90. The molecule has 0 radical (unpaired) electrons. The van der Waals surface area contributed by atoms with E-state index >= 15 is 0 Å². The van der Waals surface area contributed by atoms with Crippen LogP contribution in [-0.4, -0.2) is 23.1 Å². The molecule has 1 aliphatic rings. The van der Waals surface area contributed by atoms with E-state index in [-0.39, 0.29) is 0 Å². The van der Waals surface area contributed by atoms with E-state index in [1.54, 1.807) is 0 Å². The third kappa shape index (κ3) is 4.00. The Bertz CT molecular complexity index is 396. The Labute approximate surface area is 122 Å². The van der Waals surface area contributed by atoms with E-state index in [2.05, 4.69) is 62.1 Å². The summed E-state index contributed by atoms with van der Waals surface area (Å²) in [5.41, 5.74) is 2.85. The number of hydrogen-bond donors (Lipinski definition) is 1. The van der Waals surface area contributed by atoms with Gasteiger partial charge in [-0.1, -0.05) is 36.8 Å². The fourth-order valence-electron chi connectivity index (χ4n) is 2.97.